The number of allylic oxidation sites excluding steroid dienone is 4. The van der Waals surface area contributed by atoms with Crippen LogP contribution in [0.5, 0.6) is 0 Å². The van der Waals surface area contributed by atoms with Gasteiger partial charge in [0.1, 0.15) is 0 Å². The van der Waals surface area contributed by atoms with Gasteiger partial charge in [0, 0.05) is 11.9 Å². The summed E-state index contributed by atoms with van der Waals surface area (Å²) in [6.07, 6.45) is 30.2. The number of carboxylic acids is 2. The molecule has 0 fully saturated rings. The molecule has 0 atom stereocenters. The quantitative estimate of drug-likeness (QED) is 0.109. The van der Waals surface area contributed by atoms with E-state index in [0.29, 0.717) is 0 Å². The molecule has 0 bridgehead atoms. The minimum absolute atomic E-state index is 0. The Hall–Kier alpha value is -0.814. The number of unbranched alkanes of at least 4 members (excludes halogenated alkanes) is 14. The molecule has 0 aromatic carbocycles. The van der Waals surface area contributed by atoms with Crippen LogP contribution >= 0.6 is 0 Å². The largest absolute Gasteiger partial charge is 2.00 e. The summed E-state index contributed by atoms with van der Waals surface area (Å²) in [5, 5.41) is 20.3. The van der Waals surface area contributed by atoms with E-state index in [-0.39, 0.29) is 35.9 Å². The number of aliphatic carboxylic acids is 2. The van der Waals surface area contributed by atoms with Crippen LogP contribution in [0.25, 0.3) is 0 Å². The maximum atomic E-state index is 10.1. The third-order valence-electron chi connectivity index (χ3n) is 5.29. The van der Waals surface area contributed by atoms with Crippen molar-refractivity contribution in [2.75, 3.05) is 0 Å². The molecule has 0 aliphatic rings. The molecule has 33 heavy (non-hydrogen) atoms. The van der Waals surface area contributed by atoms with Crippen LogP contribution in [-0.2, 0) is 9.59 Å². The third-order valence-corrected chi connectivity index (χ3v) is 5.29. The van der Waals surface area contributed by atoms with Crippen molar-refractivity contribution in [2.45, 2.75) is 142 Å². The second-order valence-corrected chi connectivity index (χ2v) is 8.58. The Morgan fingerprint density at radius 1 is 0.485 bits per heavy atom. The number of carboxylic acid groups (broad SMARTS) is 2. The maximum absolute atomic E-state index is 10.1. The smallest absolute Gasteiger partial charge is 0.550 e. The molecule has 0 amide bonds. The molecule has 0 saturated heterocycles. The van der Waals surface area contributed by atoms with E-state index in [0.717, 1.165) is 38.5 Å². The molecule has 0 aliphatic carbocycles. The number of rotatable bonds is 22. The normalized spacial score (nSPS) is 10.7. The molecule has 0 aromatic rings. The molecule has 0 unspecified atom stereocenters. The zero-order valence-corrected chi connectivity index (χ0v) is 23.2. The Morgan fingerprint density at radius 2 is 0.758 bits per heavy atom. The van der Waals surface area contributed by atoms with Crippen molar-refractivity contribution in [3.8, 4) is 0 Å². The van der Waals surface area contributed by atoms with Crippen LogP contribution in [-0.4, -0.2) is 35.0 Å². The first-order chi connectivity index (χ1) is 15.5. The molecule has 0 heterocycles. The summed E-state index contributed by atoms with van der Waals surface area (Å²) in [6, 6.07) is 0. The van der Waals surface area contributed by atoms with E-state index in [9.17, 15) is 19.8 Å². The van der Waals surface area contributed by atoms with Gasteiger partial charge in [-0.3, -0.25) is 0 Å². The zero-order chi connectivity index (χ0) is 24.1. The standard InChI is InChI=1S/2C14H26O2.Mg/c2*1-2-3-4-5-6-7-8-9-10-11-12-13-14(15)16;/h2*5-6H,2-4,7-13H2,1H3,(H,15,16);/q;;+2/p-2. The third kappa shape index (κ3) is 41.9. The summed E-state index contributed by atoms with van der Waals surface area (Å²) < 4.78 is 0. The fourth-order valence-electron chi connectivity index (χ4n) is 3.24. The molecular weight excluding hydrogens is 425 g/mol. The van der Waals surface area contributed by atoms with Crippen LogP contribution in [0.4, 0.5) is 0 Å². The minimum atomic E-state index is -0.918. The first kappa shape index (κ1) is 36.7. The fourth-order valence-corrected chi connectivity index (χ4v) is 3.24. The number of carbonyl (C=O) groups excluding carboxylic acids is 2. The van der Waals surface area contributed by atoms with E-state index in [2.05, 4.69) is 38.2 Å². The molecule has 188 valence electrons. The predicted molar refractivity (Wildman–Crippen MR) is 138 cm³/mol. The molecule has 0 saturated carbocycles. The van der Waals surface area contributed by atoms with Crippen LogP contribution in [0.1, 0.15) is 142 Å². The van der Waals surface area contributed by atoms with Crippen molar-refractivity contribution in [2.24, 2.45) is 0 Å². The Morgan fingerprint density at radius 3 is 1.06 bits per heavy atom. The van der Waals surface area contributed by atoms with Gasteiger partial charge in [0.05, 0.1) is 0 Å². The fraction of sp³-hybridized carbons (Fsp3) is 0.786. The van der Waals surface area contributed by atoms with Gasteiger partial charge in [-0.25, -0.2) is 0 Å². The maximum Gasteiger partial charge on any atom is 2.00 e. The van der Waals surface area contributed by atoms with E-state index in [1.807, 2.05) is 0 Å². The van der Waals surface area contributed by atoms with Crippen LogP contribution in [0.3, 0.4) is 0 Å². The van der Waals surface area contributed by atoms with E-state index >= 15 is 0 Å². The second kappa shape index (κ2) is 33.4. The van der Waals surface area contributed by atoms with Crippen molar-refractivity contribution in [3.63, 3.8) is 0 Å². The predicted octanol–water partition coefficient (Wildman–Crippen LogP) is 6.05. The first-order valence-corrected chi connectivity index (χ1v) is 13.2. The van der Waals surface area contributed by atoms with E-state index in [1.165, 1.54) is 77.0 Å². The number of hydrogen-bond donors (Lipinski definition) is 0. The molecule has 0 spiro atoms. The van der Waals surface area contributed by atoms with Gasteiger partial charge in [-0.2, -0.15) is 0 Å². The summed E-state index contributed by atoms with van der Waals surface area (Å²) in [5.74, 6) is -1.84. The summed E-state index contributed by atoms with van der Waals surface area (Å²) in [4.78, 5) is 20.3. The van der Waals surface area contributed by atoms with Gasteiger partial charge < -0.3 is 19.8 Å². The summed E-state index contributed by atoms with van der Waals surface area (Å²) in [6.45, 7) is 4.42. The Kier molecular flexibility index (Phi) is 37.1. The monoisotopic (exact) mass is 474 g/mol. The summed E-state index contributed by atoms with van der Waals surface area (Å²) in [7, 11) is 0. The van der Waals surface area contributed by atoms with Gasteiger partial charge in [-0.15, -0.1) is 0 Å². The topological polar surface area (TPSA) is 80.3 Å². The average Bonchev–Trinajstić information content (AvgIpc) is 2.76. The van der Waals surface area contributed by atoms with E-state index < -0.39 is 11.9 Å². The van der Waals surface area contributed by atoms with Crippen LogP contribution in [0, 0.1) is 0 Å². The first-order valence-electron chi connectivity index (χ1n) is 13.2. The molecule has 0 aliphatic heterocycles. The van der Waals surface area contributed by atoms with Crippen molar-refractivity contribution in [1.29, 1.82) is 0 Å². The average molecular weight is 475 g/mol. The number of hydrogen-bond acceptors (Lipinski definition) is 4. The summed E-state index contributed by atoms with van der Waals surface area (Å²) >= 11 is 0. The van der Waals surface area contributed by atoms with E-state index in [1.54, 1.807) is 0 Å². The van der Waals surface area contributed by atoms with Gasteiger partial charge in [-0.05, 0) is 64.2 Å². The minimum Gasteiger partial charge on any atom is -0.550 e. The molecule has 0 N–H and O–H groups in total. The Labute approximate surface area is 220 Å². The summed E-state index contributed by atoms with van der Waals surface area (Å²) in [5.41, 5.74) is 0. The van der Waals surface area contributed by atoms with Crippen molar-refractivity contribution in [3.05, 3.63) is 24.3 Å². The van der Waals surface area contributed by atoms with E-state index in [4.69, 9.17) is 0 Å². The van der Waals surface area contributed by atoms with Gasteiger partial charge in [0.15, 0.2) is 0 Å². The van der Waals surface area contributed by atoms with Crippen molar-refractivity contribution in [1.82, 2.24) is 0 Å². The molecule has 0 radical (unpaired) electrons. The molecule has 5 heteroatoms. The van der Waals surface area contributed by atoms with Crippen LogP contribution < -0.4 is 10.2 Å². The SMILES string of the molecule is CCCCC=CCCCCCCCC(=O)[O-].CCCCC=CCCCCCCCC(=O)[O-].[Mg+2]. The van der Waals surface area contributed by atoms with Crippen LogP contribution in [0.2, 0.25) is 0 Å². The Balaban J connectivity index is -0.000000529. The Bertz CT molecular complexity index is 419. The second-order valence-electron chi connectivity index (χ2n) is 8.58. The zero-order valence-electron chi connectivity index (χ0n) is 21.8. The molecular formula is C28H50MgO4. The van der Waals surface area contributed by atoms with Gasteiger partial charge >= 0.3 is 23.1 Å². The molecule has 4 nitrogen and oxygen atoms in total. The van der Waals surface area contributed by atoms with Crippen molar-refractivity contribution >= 4 is 35.0 Å². The number of carbonyl (C=O) groups is 2. The van der Waals surface area contributed by atoms with Crippen molar-refractivity contribution < 1.29 is 19.8 Å². The molecule has 0 rings (SSSR count). The molecule has 0 aromatic heterocycles. The van der Waals surface area contributed by atoms with Gasteiger partial charge in [-0.1, -0.05) is 102 Å². The van der Waals surface area contributed by atoms with Gasteiger partial charge in [0.25, 0.3) is 0 Å². The van der Waals surface area contributed by atoms with Crippen LogP contribution in [0.15, 0.2) is 24.3 Å². The van der Waals surface area contributed by atoms with Gasteiger partial charge in [0.2, 0.25) is 0 Å².